The van der Waals surface area contributed by atoms with Gasteiger partial charge in [-0.2, -0.15) is 0 Å². The molecule has 0 aliphatic rings. The molecule has 0 aliphatic heterocycles. The van der Waals surface area contributed by atoms with E-state index in [9.17, 15) is 0 Å². The van der Waals surface area contributed by atoms with E-state index in [0.717, 1.165) is 23.9 Å². The summed E-state index contributed by atoms with van der Waals surface area (Å²) in [6.07, 6.45) is 6.58. The van der Waals surface area contributed by atoms with Crippen molar-refractivity contribution < 1.29 is 0 Å². The minimum absolute atomic E-state index is 0.765. The van der Waals surface area contributed by atoms with Gasteiger partial charge >= 0.3 is 0 Å². The molecule has 1 heterocycles. The Balaban J connectivity index is 1.84. The van der Waals surface area contributed by atoms with E-state index in [0.29, 0.717) is 0 Å². The van der Waals surface area contributed by atoms with Crippen molar-refractivity contribution in [1.29, 1.82) is 0 Å². The van der Waals surface area contributed by atoms with E-state index in [1.807, 2.05) is 24.3 Å². The second kappa shape index (κ2) is 8.91. The molecule has 0 fully saturated rings. The second-order valence-electron chi connectivity index (χ2n) is 5.41. The van der Waals surface area contributed by atoms with E-state index >= 15 is 0 Å². The Morgan fingerprint density at radius 2 is 1.71 bits per heavy atom. The zero-order valence-corrected chi connectivity index (χ0v) is 13.6. The van der Waals surface area contributed by atoms with E-state index in [4.69, 9.17) is 11.6 Å². The van der Waals surface area contributed by atoms with Crippen LogP contribution in [0.5, 0.6) is 0 Å². The highest BCUT2D eigenvalue weighted by atomic mass is 35.5. The SMILES string of the molecule is CCCCCCCNCc1ccc(Cl)n1-c1ccccc1. The highest BCUT2D eigenvalue weighted by Gasteiger charge is 2.07. The number of hydrogen-bond acceptors (Lipinski definition) is 1. The number of hydrogen-bond donors (Lipinski definition) is 1. The van der Waals surface area contributed by atoms with Crippen LogP contribution in [0.2, 0.25) is 5.15 Å². The monoisotopic (exact) mass is 304 g/mol. The number of rotatable bonds is 9. The van der Waals surface area contributed by atoms with Gasteiger partial charge in [0.15, 0.2) is 0 Å². The van der Waals surface area contributed by atoms with Crippen LogP contribution in [0.1, 0.15) is 44.7 Å². The predicted molar refractivity (Wildman–Crippen MR) is 91.2 cm³/mol. The number of aromatic nitrogens is 1. The van der Waals surface area contributed by atoms with Crippen molar-refractivity contribution in [3.63, 3.8) is 0 Å². The van der Waals surface area contributed by atoms with Gasteiger partial charge in [0.25, 0.3) is 0 Å². The van der Waals surface area contributed by atoms with Crippen molar-refractivity contribution in [2.45, 2.75) is 45.6 Å². The fraction of sp³-hybridized carbons (Fsp3) is 0.444. The van der Waals surface area contributed by atoms with E-state index in [-0.39, 0.29) is 0 Å². The first kappa shape index (κ1) is 16.1. The van der Waals surface area contributed by atoms with E-state index < -0.39 is 0 Å². The maximum Gasteiger partial charge on any atom is 0.113 e. The van der Waals surface area contributed by atoms with Gasteiger partial charge in [0, 0.05) is 17.9 Å². The summed E-state index contributed by atoms with van der Waals surface area (Å²) in [5.41, 5.74) is 2.33. The Hall–Kier alpha value is -1.25. The van der Waals surface area contributed by atoms with Gasteiger partial charge in [-0.05, 0) is 37.2 Å². The number of para-hydroxylation sites is 1. The predicted octanol–water partition coefficient (Wildman–Crippen LogP) is 5.19. The first-order valence-electron chi connectivity index (χ1n) is 7.95. The molecular formula is C18H25ClN2. The van der Waals surface area contributed by atoms with Crippen LogP contribution in [0.15, 0.2) is 42.5 Å². The lowest BCUT2D eigenvalue weighted by atomic mass is 10.1. The Morgan fingerprint density at radius 3 is 2.48 bits per heavy atom. The average molecular weight is 305 g/mol. The van der Waals surface area contributed by atoms with Crippen LogP contribution in [0.3, 0.4) is 0 Å². The molecule has 0 bridgehead atoms. The van der Waals surface area contributed by atoms with Crippen molar-refractivity contribution in [3.8, 4) is 5.69 Å². The lowest BCUT2D eigenvalue weighted by Crippen LogP contribution is -2.17. The molecule has 2 rings (SSSR count). The molecule has 21 heavy (non-hydrogen) atoms. The number of unbranched alkanes of at least 4 members (excludes halogenated alkanes) is 4. The normalized spacial score (nSPS) is 11.0. The van der Waals surface area contributed by atoms with Crippen LogP contribution in [-0.2, 0) is 6.54 Å². The van der Waals surface area contributed by atoms with Crippen molar-refractivity contribution in [3.05, 3.63) is 53.3 Å². The second-order valence-corrected chi connectivity index (χ2v) is 5.80. The van der Waals surface area contributed by atoms with Gasteiger partial charge in [-0.1, -0.05) is 62.4 Å². The van der Waals surface area contributed by atoms with E-state index in [1.165, 1.54) is 37.8 Å². The Bertz CT molecular complexity index is 519. The molecule has 2 nitrogen and oxygen atoms in total. The number of benzene rings is 1. The summed E-state index contributed by atoms with van der Waals surface area (Å²) in [6.45, 7) is 4.18. The summed E-state index contributed by atoms with van der Waals surface area (Å²) in [5, 5.41) is 4.29. The summed E-state index contributed by atoms with van der Waals surface area (Å²) in [7, 11) is 0. The summed E-state index contributed by atoms with van der Waals surface area (Å²) in [6, 6.07) is 14.3. The summed E-state index contributed by atoms with van der Waals surface area (Å²) in [5.74, 6) is 0. The highest BCUT2D eigenvalue weighted by molar-refractivity contribution is 6.30. The standard InChI is InChI=1S/C18H25ClN2/c1-2-3-4-5-9-14-20-15-17-12-13-18(19)21(17)16-10-7-6-8-11-16/h6-8,10-13,20H,2-5,9,14-15H2,1H3. The van der Waals surface area contributed by atoms with Gasteiger partial charge in [-0.15, -0.1) is 0 Å². The smallest absolute Gasteiger partial charge is 0.113 e. The first-order valence-corrected chi connectivity index (χ1v) is 8.33. The zero-order chi connectivity index (χ0) is 14.9. The highest BCUT2D eigenvalue weighted by Crippen LogP contribution is 2.21. The molecule has 0 radical (unpaired) electrons. The van der Waals surface area contributed by atoms with E-state index in [2.05, 4.69) is 35.0 Å². The summed E-state index contributed by atoms with van der Waals surface area (Å²) in [4.78, 5) is 0. The van der Waals surface area contributed by atoms with Gasteiger partial charge in [0.1, 0.15) is 5.15 Å². The molecule has 0 saturated heterocycles. The van der Waals surface area contributed by atoms with Crippen LogP contribution in [0, 0.1) is 0 Å². The molecule has 114 valence electrons. The minimum Gasteiger partial charge on any atom is -0.311 e. The van der Waals surface area contributed by atoms with Crippen LogP contribution >= 0.6 is 11.6 Å². The molecule has 1 aromatic heterocycles. The quantitative estimate of drug-likeness (QED) is 0.631. The molecular weight excluding hydrogens is 280 g/mol. The van der Waals surface area contributed by atoms with Gasteiger partial charge < -0.3 is 9.88 Å². The van der Waals surface area contributed by atoms with E-state index in [1.54, 1.807) is 0 Å². The fourth-order valence-corrected chi connectivity index (χ4v) is 2.79. The van der Waals surface area contributed by atoms with Crippen molar-refractivity contribution in [2.24, 2.45) is 0 Å². The molecule has 0 spiro atoms. The molecule has 0 amide bonds. The van der Waals surface area contributed by atoms with Crippen molar-refractivity contribution >= 4 is 11.6 Å². The number of nitrogens with one attached hydrogen (secondary N) is 1. The van der Waals surface area contributed by atoms with Crippen molar-refractivity contribution in [2.75, 3.05) is 6.54 Å². The van der Waals surface area contributed by atoms with Gasteiger partial charge in [0.05, 0.1) is 0 Å². The molecule has 2 aromatic rings. The van der Waals surface area contributed by atoms with Gasteiger partial charge in [-0.3, -0.25) is 0 Å². The fourth-order valence-electron chi connectivity index (χ4n) is 2.53. The molecule has 0 unspecified atom stereocenters. The largest absolute Gasteiger partial charge is 0.311 e. The molecule has 1 aromatic carbocycles. The first-order chi connectivity index (χ1) is 10.3. The maximum absolute atomic E-state index is 6.31. The Morgan fingerprint density at radius 1 is 0.952 bits per heavy atom. The third kappa shape index (κ3) is 4.90. The van der Waals surface area contributed by atoms with Crippen molar-refractivity contribution in [1.82, 2.24) is 9.88 Å². The maximum atomic E-state index is 6.31. The Kier molecular flexibility index (Phi) is 6.84. The summed E-state index contributed by atoms with van der Waals surface area (Å²) < 4.78 is 2.10. The third-order valence-corrected chi connectivity index (χ3v) is 3.99. The number of halogens is 1. The van der Waals surface area contributed by atoms with Crippen LogP contribution in [0.4, 0.5) is 0 Å². The number of nitrogens with zero attached hydrogens (tertiary/aromatic N) is 1. The third-order valence-electron chi connectivity index (χ3n) is 3.69. The minimum atomic E-state index is 0.765. The lowest BCUT2D eigenvalue weighted by Gasteiger charge is -2.11. The molecule has 3 heteroatoms. The van der Waals surface area contributed by atoms with Gasteiger partial charge in [-0.25, -0.2) is 0 Å². The van der Waals surface area contributed by atoms with Crippen LogP contribution in [0.25, 0.3) is 5.69 Å². The lowest BCUT2D eigenvalue weighted by molar-refractivity contribution is 0.578. The molecule has 0 saturated carbocycles. The molecule has 0 aliphatic carbocycles. The van der Waals surface area contributed by atoms with Crippen LogP contribution < -0.4 is 5.32 Å². The van der Waals surface area contributed by atoms with Crippen LogP contribution in [-0.4, -0.2) is 11.1 Å². The average Bonchev–Trinajstić information content (AvgIpc) is 2.88. The Labute approximate surface area is 133 Å². The molecule has 0 atom stereocenters. The zero-order valence-electron chi connectivity index (χ0n) is 12.8. The van der Waals surface area contributed by atoms with Gasteiger partial charge in [0.2, 0.25) is 0 Å². The summed E-state index contributed by atoms with van der Waals surface area (Å²) >= 11 is 6.31. The topological polar surface area (TPSA) is 17.0 Å². The molecule has 1 N–H and O–H groups in total.